The minimum absolute atomic E-state index is 0.122. The lowest BCUT2D eigenvalue weighted by molar-refractivity contribution is 0.336. The van der Waals surface area contributed by atoms with Crippen LogP contribution in [0, 0.1) is 0 Å². The number of hydrogen-bond donors (Lipinski definition) is 1. The van der Waals surface area contributed by atoms with Gasteiger partial charge >= 0.3 is 0 Å². The second-order valence-electron chi connectivity index (χ2n) is 4.36. The SMILES string of the molecule is CCCCCC(C)(C)NC(Cl)CC. The molecule has 1 N–H and O–H groups in total. The Kier molecular flexibility index (Phi) is 6.79. The van der Waals surface area contributed by atoms with Crippen LogP contribution in [0.4, 0.5) is 0 Å². The van der Waals surface area contributed by atoms with E-state index < -0.39 is 0 Å². The fourth-order valence-electron chi connectivity index (χ4n) is 1.42. The highest BCUT2D eigenvalue weighted by molar-refractivity contribution is 6.20. The molecule has 0 saturated heterocycles. The van der Waals surface area contributed by atoms with Gasteiger partial charge in [0.1, 0.15) is 0 Å². The third-order valence-electron chi connectivity index (χ3n) is 2.31. The molecule has 80 valence electrons. The molecule has 0 fully saturated rings. The number of alkyl halides is 1. The Morgan fingerprint density at radius 3 is 2.31 bits per heavy atom. The summed E-state index contributed by atoms with van der Waals surface area (Å²) in [5, 5.41) is 3.43. The fourth-order valence-corrected chi connectivity index (χ4v) is 1.71. The van der Waals surface area contributed by atoms with Gasteiger partial charge in [0.2, 0.25) is 0 Å². The van der Waals surface area contributed by atoms with Crippen LogP contribution in [0.5, 0.6) is 0 Å². The van der Waals surface area contributed by atoms with Crippen molar-refractivity contribution in [1.82, 2.24) is 5.32 Å². The Hall–Kier alpha value is 0.250. The summed E-state index contributed by atoms with van der Waals surface area (Å²) in [6, 6.07) is 0. The molecule has 0 aromatic rings. The molecule has 0 spiro atoms. The van der Waals surface area contributed by atoms with Crippen LogP contribution in [0.2, 0.25) is 0 Å². The molecule has 0 radical (unpaired) electrons. The molecule has 0 saturated carbocycles. The van der Waals surface area contributed by atoms with Crippen LogP contribution in [0.15, 0.2) is 0 Å². The zero-order chi connectivity index (χ0) is 10.3. The Balaban J connectivity index is 3.65. The summed E-state index contributed by atoms with van der Waals surface area (Å²) in [6.07, 6.45) is 6.10. The van der Waals surface area contributed by atoms with Crippen molar-refractivity contribution in [2.75, 3.05) is 0 Å². The van der Waals surface area contributed by atoms with E-state index in [0.29, 0.717) is 0 Å². The third kappa shape index (κ3) is 7.33. The van der Waals surface area contributed by atoms with Crippen LogP contribution in [0.3, 0.4) is 0 Å². The molecular weight excluding hydrogens is 182 g/mol. The Bertz CT molecular complexity index is 123. The summed E-state index contributed by atoms with van der Waals surface area (Å²) < 4.78 is 0. The lowest BCUT2D eigenvalue weighted by Gasteiger charge is -2.28. The maximum atomic E-state index is 6.05. The van der Waals surface area contributed by atoms with Gasteiger partial charge in [0.15, 0.2) is 0 Å². The molecule has 0 amide bonds. The quantitative estimate of drug-likeness (QED) is 0.378. The number of nitrogens with one attached hydrogen (secondary N) is 1. The largest absolute Gasteiger partial charge is 0.296 e. The second kappa shape index (κ2) is 6.67. The number of unbranched alkanes of at least 4 members (excludes halogenated alkanes) is 2. The molecule has 2 heteroatoms. The molecule has 0 heterocycles. The van der Waals surface area contributed by atoms with Crippen molar-refractivity contribution >= 4 is 11.6 Å². The minimum Gasteiger partial charge on any atom is -0.296 e. The van der Waals surface area contributed by atoms with Crippen molar-refractivity contribution in [2.45, 2.75) is 70.8 Å². The van der Waals surface area contributed by atoms with Crippen LogP contribution in [-0.2, 0) is 0 Å². The van der Waals surface area contributed by atoms with Gasteiger partial charge in [-0.3, -0.25) is 5.32 Å². The standard InChI is InChI=1S/C11H24ClN/c1-5-7-8-9-11(3,4)13-10(12)6-2/h10,13H,5-9H2,1-4H3. The minimum atomic E-state index is 0.122. The van der Waals surface area contributed by atoms with Gasteiger partial charge < -0.3 is 0 Å². The monoisotopic (exact) mass is 205 g/mol. The van der Waals surface area contributed by atoms with Gasteiger partial charge in [-0.05, 0) is 26.7 Å². The zero-order valence-electron chi connectivity index (χ0n) is 9.49. The summed E-state index contributed by atoms with van der Waals surface area (Å²) in [7, 11) is 0. The van der Waals surface area contributed by atoms with Crippen molar-refractivity contribution in [3.05, 3.63) is 0 Å². The van der Waals surface area contributed by atoms with Crippen molar-refractivity contribution < 1.29 is 0 Å². The van der Waals surface area contributed by atoms with Crippen LogP contribution in [0.1, 0.15) is 59.8 Å². The van der Waals surface area contributed by atoms with Crippen molar-refractivity contribution in [1.29, 1.82) is 0 Å². The van der Waals surface area contributed by atoms with E-state index in [1.165, 1.54) is 25.7 Å². The predicted octanol–water partition coefficient (Wildman–Crippen LogP) is 3.91. The summed E-state index contributed by atoms with van der Waals surface area (Å²) in [5.41, 5.74) is 0.314. The molecule has 1 unspecified atom stereocenters. The van der Waals surface area contributed by atoms with Gasteiger partial charge in [-0.2, -0.15) is 0 Å². The summed E-state index contributed by atoms with van der Waals surface area (Å²) in [4.78, 5) is 0. The fraction of sp³-hybridized carbons (Fsp3) is 1.00. The van der Waals surface area contributed by atoms with Gasteiger partial charge in [0, 0.05) is 5.54 Å². The van der Waals surface area contributed by atoms with E-state index in [9.17, 15) is 0 Å². The lowest BCUT2D eigenvalue weighted by Crippen LogP contribution is -2.43. The molecule has 1 atom stereocenters. The van der Waals surface area contributed by atoms with Gasteiger partial charge in [-0.25, -0.2) is 0 Å². The van der Waals surface area contributed by atoms with Crippen molar-refractivity contribution in [3.63, 3.8) is 0 Å². The Labute approximate surface area is 88.2 Å². The summed E-state index contributed by atoms with van der Waals surface area (Å²) >= 11 is 6.05. The predicted molar refractivity (Wildman–Crippen MR) is 61.3 cm³/mol. The smallest absolute Gasteiger partial charge is 0.0826 e. The first-order valence-corrected chi connectivity index (χ1v) is 5.87. The average Bonchev–Trinajstić information content (AvgIpc) is 2.03. The normalized spacial score (nSPS) is 14.5. The molecule has 0 aromatic carbocycles. The maximum absolute atomic E-state index is 6.05. The first-order valence-electron chi connectivity index (χ1n) is 5.43. The number of rotatable bonds is 7. The van der Waals surface area contributed by atoms with E-state index in [2.05, 4.69) is 33.0 Å². The zero-order valence-corrected chi connectivity index (χ0v) is 10.2. The third-order valence-corrected chi connectivity index (χ3v) is 2.73. The number of halogens is 1. The molecule has 1 nitrogen and oxygen atoms in total. The molecule has 0 aromatic heterocycles. The second-order valence-corrected chi connectivity index (χ2v) is 4.89. The Morgan fingerprint density at radius 2 is 1.85 bits per heavy atom. The molecule has 13 heavy (non-hydrogen) atoms. The number of hydrogen-bond acceptors (Lipinski definition) is 1. The first kappa shape index (κ1) is 13.2. The van der Waals surface area contributed by atoms with Crippen molar-refractivity contribution in [2.24, 2.45) is 0 Å². The van der Waals surface area contributed by atoms with Gasteiger partial charge in [0.25, 0.3) is 0 Å². The Morgan fingerprint density at radius 1 is 1.23 bits per heavy atom. The van der Waals surface area contributed by atoms with Crippen LogP contribution in [0.25, 0.3) is 0 Å². The molecule has 0 bridgehead atoms. The van der Waals surface area contributed by atoms with E-state index in [-0.39, 0.29) is 11.0 Å². The van der Waals surface area contributed by atoms with Gasteiger partial charge in [-0.1, -0.05) is 33.1 Å². The van der Waals surface area contributed by atoms with Crippen LogP contribution < -0.4 is 5.32 Å². The highest BCUT2D eigenvalue weighted by Crippen LogP contribution is 2.16. The highest BCUT2D eigenvalue weighted by atomic mass is 35.5. The lowest BCUT2D eigenvalue weighted by atomic mass is 9.96. The van der Waals surface area contributed by atoms with Crippen LogP contribution >= 0.6 is 11.6 Å². The topological polar surface area (TPSA) is 12.0 Å². The van der Waals surface area contributed by atoms with E-state index in [1.54, 1.807) is 0 Å². The molecule has 0 aliphatic heterocycles. The molecule has 0 aliphatic rings. The molecule has 0 rings (SSSR count). The first-order chi connectivity index (χ1) is 6.02. The highest BCUT2D eigenvalue weighted by Gasteiger charge is 2.18. The van der Waals surface area contributed by atoms with E-state index in [1.807, 2.05) is 0 Å². The van der Waals surface area contributed by atoms with E-state index in [0.717, 1.165) is 6.42 Å². The molecular formula is C11H24ClN. The van der Waals surface area contributed by atoms with Gasteiger partial charge in [-0.15, -0.1) is 11.6 Å². The van der Waals surface area contributed by atoms with Crippen LogP contribution in [-0.4, -0.2) is 11.0 Å². The average molecular weight is 206 g/mol. The van der Waals surface area contributed by atoms with E-state index in [4.69, 9.17) is 11.6 Å². The molecule has 0 aliphatic carbocycles. The maximum Gasteiger partial charge on any atom is 0.0826 e. The van der Waals surface area contributed by atoms with Gasteiger partial charge in [0.05, 0.1) is 5.50 Å². The summed E-state index contributed by atoms with van der Waals surface area (Å²) in [6.45, 7) is 8.80. The van der Waals surface area contributed by atoms with E-state index >= 15 is 0 Å². The summed E-state index contributed by atoms with van der Waals surface area (Å²) in [5.74, 6) is 0. The van der Waals surface area contributed by atoms with Crippen molar-refractivity contribution in [3.8, 4) is 0 Å².